The summed E-state index contributed by atoms with van der Waals surface area (Å²) in [6.45, 7) is 0. The van der Waals surface area contributed by atoms with E-state index >= 15 is 0 Å². The van der Waals surface area contributed by atoms with E-state index in [2.05, 4.69) is 9.97 Å². The number of fused-ring (bicyclic) bond motifs is 1. The van der Waals surface area contributed by atoms with Crippen LogP contribution in [0.4, 0.5) is 10.8 Å². The van der Waals surface area contributed by atoms with Crippen molar-refractivity contribution in [2.24, 2.45) is 0 Å². The second-order valence-corrected chi connectivity index (χ2v) is 4.38. The lowest BCUT2D eigenvalue weighted by molar-refractivity contribution is -0.106. The number of H-pyrrole nitrogens is 1. The SMILES string of the molecule is O=CN(c1nccs1)c1cccc2cc[nH]c12. The number of carbonyl (C=O) groups excluding carboxylic acids is 1. The summed E-state index contributed by atoms with van der Waals surface area (Å²) in [4.78, 5) is 20.1. The van der Waals surface area contributed by atoms with E-state index in [1.165, 1.54) is 11.3 Å². The molecule has 84 valence electrons. The summed E-state index contributed by atoms with van der Waals surface area (Å²) in [5.41, 5.74) is 1.76. The molecule has 17 heavy (non-hydrogen) atoms. The van der Waals surface area contributed by atoms with Crippen LogP contribution in [0.25, 0.3) is 10.9 Å². The largest absolute Gasteiger partial charge is 0.359 e. The Hall–Kier alpha value is -2.14. The van der Waals surface area contributed by atoms with Gasteiger partial charge in [0, 0.05) is 23.2 Å². The topological polar surface area (TPSA) is 49.0 Å². The zero-order chi connectivity index (χ0) is 11.7. The van der Waals surface area contributed by atoms with Gasteiger partial charge in [-0.25, -0.2) is 4.98 Å². The Morgan fingerprint density at radius 3 is 3.06 bits per heavy atom. The number of anilines is 2. The predicted molar refractivity (Wildman–Crippen MR) is 68.6 cm³/mol. The van der Waals surface area contributed by atoms with Crippen LogP contribution in [0.1, 0.15) is 0 Å². The molecule has 5 heteroatoms. The smallest absolute Gasteiger partial charge is 0.220 e. The van der Waals surface area contributed by atoms with Gasteiger partial charge in [-0.3, -0.25) is 9.69 Å². The van der Waals surface area contributed by atoms with Crippen molar-refractivity contribution in [3.63, 3.8) is 0 Å². The fourth-order valence-corrected chi connectivity index (χ4v) is 2.43. The van der Waals surface area contributed by atoms with E-state index in [4.69, 9.17) is 0 Å². The van der Waals surface area contributed by atoms with Crippen LogP contribution < -0.4 is 4.90 Å². The second-order valence-electron chi connectivity index (χ2n) is 3.51. The van der Waals surface area contributed by atoms with Gasteiger partial charge in [-0.1, -0.05) is 12.1 Å². The summed E-state index contributed by atoms with van der Waals surface area (Å²) in [6.07, 6.45) is 4.33. The first-order valence-electron chi connectivity index (χ1n) is 5.10. The van der Waals surface area contributed by atoms with Gasteiger partial charge >= 0.3 is 0 Å². The number of nitrogens with zero attached hydrogens (tertiary/aromatic N) is 2. The summed E-state index contributed by atoms with van der Waals surface area (Å²) >= 11 is 1.43. The zero-order valence-electron chi connectivity index (χ0n) is 8.83. The van der Waals surface area contributed by atoms with Crippen LogP contribution >= 0.6 is 11.3 Å². The molecule has 0 radical (unpaired) electrons. The third kappa shape index (κ3) is 1.60. The lowest BCUT2D eigenvalue weighted by Crippen LogP contribution is -2.14. The highest BCUT2D eigenvalue weighted by Crippen LogP contribution is 2.31. The minimum absolute atomic E-state index is 0.669. The highest BCUT2D eigenvalue weighted by molar-refractivity contribution is 7.13. The molecular formula is C12H9N3OS. The van der Waals surface area contributed by atoms with Crippen molar-refractivity contribution in [1.82, 2.24) is 9.97 Å². The molecule has 2 aromatic heterocycles. The van der Waals surface area contributed by atoms with Gasteiger partial charge in [0.15, 0.2) is 5.13 Å². The van der Waals surface area contributed by atoms with Gasteiger partial charge in [-0.2, -0.15) is 0 Å². The van der Waals surface area contributed by atoms with Crippen molar-refractivity contribution >= 4 is 39.5 Å². The van der Waals surface area contributed by atoms with E-state index in [0.29, 0.717) is 5.13 Å². The Kier molecular flexibility index (Phi) is 2.38. The van der Waals surface area contributed by atoms with Gasteiger partial charge in [-0.05, 0) is 12.1 Å². The molecule has 0 bridgehead atoms. The van der Waals surface area contributed by atoms with Gasteiger partial charge in [0.2, 0.25) is 6.41 Å². The second kappa shape index (κ2) is 4.03. The van der Waals surface area contributed by atoms with Crippen LogP contribution in [0.2, 0.25) is 0 Å². The van der Waals surface area contributed by atoms with E-state index in [-0.39, 0.29) is 0 Å². The summed E-state index contributed by atoms with van der Waals surface area (Å²) < 4.78 is 0. The number of carbonyl (C=O) groups is 1. The van der Waals surface area contributed by atoms with Crippen molar-refractivity contribution in [2.75, 3.05) is 4.90 Å². The first-order chi connectivity index (χ1) is 8.40. The molecule has 0 aliphatic carbocycles. The Morgan fingerprint density at radius 1 is 1.35 bits per heavy atom. The Morgan fingerprint density at radius 2 is 2.29 bits per heavy atom. The minimum Gasteiger partial charge on any atom is -0.359 e. The van der Waals surface area contributed by atoms with Gasteiger partial charge in [0.05, 0.1) is 11.2 Å². The highest BCUT2D eigenvalue weighted by Gasteiger charge is 2.13. The van der Waals surface area contributed by atoms with Crippen LogP contribution in [0.5, 0.6) is 0 Å². The van der Waals surface area contributed by atoms with Crippen LogP contribution in [-0.2, 0) is 4.79 Å². The summed E-state index contributed by atoms with van der Waals surface area (Å²) in [5.74, 6) is 0. The van der Waals surface area contributed by atoms with Gasteiger partial charge < -0.3 is 4.98 Å². The van der Waals surface area contributed by atoms with Crippen LogP contribution in [0, 0.1) is 0 Å². The number of nitrogens with one attached hydrogen (secondary N) is 1. The van der Waals surface area contributed by atoms with Crippen LogP contribution in [0.3, 0.4) is 0 Å². The van der Waals surface area contributed by atoms with Gasteiger partial charge in [0.1, 0.15) is 0 Å². The number of aromatic amines is 1. The molecule has 0 fully saturated rings. The number of benzene rings is 1. The first-order valence-corrected chi connectivity index (χ1v) is 5.98. The highest BCUT2D eigenvalue weighted by atomic mass is 32.1. The monoisotopic (exact) mass is 243 g/mol. The molecule has 0 aliphatic rings. The molecule has 1 N–H and O–H groups in total. The number of rotatable bonds is 3. The number of aromatic nitrogens is 2. The van der Waals surface area contributed by atoms with Crippen molar-refractivity contribution in [3.8, 4) is 0 Å². The number of amides is 1. The lowest BCUT2D eigenvalue weighted by Gasteiger charge is -2.14. The first kappa shape index (κ1) is 10.0. The molecule has 4 nitrogen and oxygen atoms in total. The Balaban J connectivity index is 2.19. The molecular weight excluding hydrogens is 234 g/mol. The molecule has 3 aromatic rings. The molecule has 2 heterocycles. The minimum atomic E-state index is 0.669. The molecule has 0 aliphatic heterocycles. The number of hydrogen-bond donors (Lipinski definition) is 1. The molecule has 0 saturated heterocycles. The van der Waals surface area contributed by atoms with E-state index in [1.807, 2.05) is 35.8 Å². The molecule has 0 saturated carbocycles. The number of hydrogen-bond acceptors (Lipinski definition) is 3. The Labute approximate surface area is 102 Å². The quantitative estimate of drug-likeness (QED) is 0.719. The van der Waals surface area contributed by atoms with E-state index in [1.54, 1.807) is 11.1 Å². The summed E-state index contributed by atoms with van der Waals surface area (Å²) in [5, 5.41) is 3.59. The fraction of sp³-hybridized carbons (Fsp3) is 0. The van der Waals surface area contributed by atoms with Crippen molar-refractivity contribution in [3.05, 3.63) is 42.0 Å². The van der Waals surface area contributed by atoms with Crippen molar-refractivity contribution < 1.29 is 4.79 Å². The number of para-hydroxylation sites is 1. The van der Waals surface area contributed by atoms with Crippen molar-refractivity contribution in [2.45, 2.75) is 0 Å². The molecule has 0 unspecified atom stereocenters. The summed E-state index contributed by atoms with van der Waals surface area (Å²) in [7, 11) is 0. The normalized spacial score (nSPS) is 10.6. The van der Waals surface area contributed by atoms with E-state index in [9.17, 15) is 4.79 Å². The van der Waals surface area contributed by atoms with Crippen LogP contribution in [0.15, 0.2) is 42.0 Å². The van der Waals surface area contributed by atoms with Crippen LogP contribution in [-0.4, -0.2) is 16.4 Å². The molecule has 3 rings (SSSR count). The summed E-state index contributed by atoms with van der Waals surface area (Å²) in [6, 6.07) is 7.80. The lowest BCUT2D eigenvalue weighted by atomic mass is 10.2. The average molecular weight is 243 g/mol. The Bertz CT molecular complexity index is 645. The van der Waals surface area contributed by atoms with E-state index in [0.717, 1.165) is 23.0 Å². The molecule has 0 atom stereocenters. The third-order valence-corrected chi connectivity index (χ3v) is 3.33. The molecule has 1 amide bonds. The van der Waals surface area contributed by atoms with Gasteiger partial charge in [0.25, 0.3) is 0 Å². The fourth-order valence-electron chi connectivity index (χ4n) is 1.81. The predicted octanol–water partition coefficient (Wildman–Crippen LogP) is 2.92. The maximum atomic E-state index is 11.2. The van der Waals surface area contributed by atoms with Gasteiger partial charge in [-0.15, -0.1) is 11.3 Å². The van der Waals surface area contributed by atoms with E-state index < -0.39 is 0 Å². The maximum absolute atomic E-state index is 11.2. The molecule has 0 spiro atoms. The average Bonchev–Trinajstić information content (AvgIpc) is 3.00. The zero-order valence-corrected chi connectivity index (χ0v) is 9.65. The standard InChI is InChI=1S/C12H9N3OS/c16-8-15(12-14-6-7-17-12)10-3-1-2-9-4-5-13-11(9)10/h1-8,13H. The molecule has 1 aromatic carbocycles. The maximum Gasteiger partial charge on any atom is 0.220 e. The number of thiazole rings is 1. The third-order valence-electron chi connectivity index (χ3n) is 2.56. The van der Waals surface area contributed by atoms with Crippen molar-refractivity contribution in [1.29, 1.82) is 0 Å².